The molecule has 0 bridgehead atoms. The third-order valence-electron chi connectivity index (χ3n) is 4.27. The smallest absolute Gasteiger partial charge is 0.216 e. The van der Waals surface area contributed by atoms with Crippen LogP contribution in [0.3, 0.4) is 0 Å². The minimum absolute atomic E-state index is 0.0623. The van der Waals surface area contributed by atoms with E-state index in [-0.39, 0.29) is 5.91 Å². The number of aromatic nitrogens is 1. The molecule has 1 fully saturated rings. The van der Waals surface area contributed by atoms with Gasteiger partial charge in [0.15, 0.2) is 0 Å². The number of amides is 1. The molecule has 1 unspecified atom stereocenters. The molecule has 2 heterocycles. The minimum Gasteiger partial charge on any atom is -0.356 e. The second-order valence-electron chi connectivity index (χ2n) is 5.79. The second-order valence-corrected chi connectivity index (χ2v) is 5.79. The average molecular weight is 290 g/mol. The van der Waals surface area contributed by atoms with Crippen LogP contribution in [0.15, 0.2) is 18.3 Å². The molecule has 1 amide bonds. The van der Waals surface area contributed by atoms with Gasteiger partial charge in [-0.25, -0.2) is 4.98 Å². The molecule has 1 atom stereocenters. The van der Waals surface area contributed by atoms with Gasteiger partial charge in [-0.15, -0.1) is 0 Å². The first-order valence-corrected chi connectivity index (χ1v) is 7.73. The summed E-state index contributed by atoms with van der Waals surface area (Å²) in [7, 11) is 1.97. The van der Waals surface area contributed by atoms with E-state index >= 15 is 0 Å². The van der Waals surface area contributed by atoms with E-state index in [1.165, 1.54) is 5.56 Å². The summed E-state index contributed by atoms with van der Waals surface area (Å²) in [6.07, 6.45) is 4.07. The topological polar surface area (TPSA) is 57.3 Å². The lowest BCUT2D eigenvalue weighted by Gasteiger charge is -2.34. The second kappa shape index (κ2) is 7.41. The lowest BCUT2D eigenvalue weighted by Crippen LogP contribution is -2.39. The normalized spacial score (nSPS) is 17.6. The van der Waals surface area contributed by atoms with Gasteiger partial charge in [0.2, 0.25) is 5.91 Å². The van der Waals surface area contributed by atoms with Crippen LogP contribution >= 0.6 is 0 Å². The van der Waals surface area contributed by atoms with Gasteiger partial charge in [-0.3, -0.25) is 4.79 Å². The molecule has 116 valence electrons. The van der Waals surface area contributed by atoms with E-state index in [0.29, 0.717) is 12.0 Å². The highest BCUT2D eigenvalue weighted by molar-refractivity contribution is 5.72. The quantitative estimate of drug-likeness (QED) is 0.867. The Balaban J connectivity index is 1.97. The Kier molecular flexibility index (Phi) is 5.56. The lowest BCUT2D eigenvalue weighted by molar-refractivity contribution is -0.119. The number of nitrogens with one attached hydrogen (secondary N) is 2. The van der Waals surface area contributed by atoms with Crippen LogP contribution in [0.5, 0.6) is 0 Å². The molecule has 1 aromatic heterocycles. The SMILES string of the molecule is CNC(C)c1cccnc1N1CCC(CNC(C)=O)CC1. The summed E-state index contributed by atoms with van der Waals surface area (Å²) < 4.78 is 0. The Bertz CT molecular complexity index is 469. The van der Waals surface area contributed by atoms with E-state index in [1.807, 2.05) is 19.3 Å². The van der Waals surface area contributed by atoms with Crippen LogP contribution < -0.4 is 15.5 Å². The van der Waals surface area contributed by atoms with Gasteiger partial charge in [0.05, 0.1) is 0 Å². The fourth-order valence-corrected chi connectivity index (χ4v) is 2.80. The van der Waals surface area contributed by atoms with Crippen molar-refractivity contribution in [1.82, 2.24) is 15.6 Å². The van der Waals surface area contributed by atoms with Crippen molar-refractivity contribution in [2.45, 2.75) is 32.7 Å². The molecule has 5 nitrogen and oxygen atoms in total. The van der Waals surface area contributed by atoms with E-state index in [4.69, 9.17) is 0 Å². The van der Waals surface area contributed by atoms with Crippen LogP contribution in [0, 0.1) is 5.92 Å². The van der Waals surface area contributed by atoms with Crippen molar-refractivity contribution in [3.63, 3.8) is 0 Å². The number of piperidine rings is 1. The maximum absolute atomic E-state index is 11.0. The Hall–Kier alpha value is -1.62. The van der Waals surface area contributed by atoms with Crippen LogP contribution in [0.2, 0.25) is 0 Å². The molecule has 0 spiro atoms. The molecule has 21 heavy (non-hydrogen) atoms. The number of carbonyl (C=O) groups excluding carboxylic acids is 1. The van der Waals surface area contributed by atoms with E-state index in [1.54, 1.807) is 6.92 Å². The number of pyridine rings is 1. The molecule has 1 saturated heterocycles. The Morgan fingerprint density at radius 2 is 2.19 bits per heavy atom. The highest BCUT2D eigenvalue weighted by atomic mass is 16.1. The van der Waals surface area contributed by atoms with Crippen LogP contribution in [-0.4, -0.2) is 37.6 Å². The van der Waals surface area contributed by atoms with Gasteiger partial charge in [-0.2, -0.15) is 0 Å². The summed E-state index contributed by atoms with van der Waals surface area (Å²) in [4.78, 5) is 17.9. The van der Waals surface area contributed by atoms with Crippen LogP contribution in [0.1, 0.15) is 38.3 Å². The predicted molar refractivity (Wildman–Crippen MR) is 85.3 cm³/mol. The largest absolute Gasteiger partial charge is 0.356 e. The number of hydrogen-bond acceptors (Lipinski definition) is 4. The van der Waals surface area contributed by atoms with Gasteiger partial charge >= 0.3 is 0 Å². The number of rotatable bonds is 5. The van der Waals surface area contributed by atoms with Crippen molar-refractivity contribution in [1.29, 1.82) is 0 Å². The summed E-state index contributed by atoms with van der Waals surface area (Å²) in [5, 5.41) is 6.21. The Morgan fingerprint density at radius 3 is 2.81 bits per heavy atom. The standard InChI is InChI=1S/C16H26N4O/c1-12(17-3)15-5-4-8-18-16(15)20-9-6-14(7-10-20)11-19-13(2)21/h4-5,8,12,14,17H,6-7,9-11H2,1-3H3,(H,19,21). The molecule has 0 saturated carbocycles. The highest BCUT2D eigenvalue weighted by Gasteiger charge is 2.22. The third-order valence-corrected chi connectivity index (χ3v) is 4.27. The molecule has 0 aromatic carbocycles. The molecular formula is C16H26N4O. The summed E-state index contributed by atoms with van der Waals surface area (Å²) in [5.74, 6) is 1.74. The summed E-state index contributed by atoms with van der Waals surface area (Å²) in [6.45, 7) is 6.54. The number of carbonyl (C=O) groups is 1. The maximum atomic E-state index is 11.0. The Morgan fingerprint density at radius 1 is 1.48 bits per heavy atom. The zero-order chi connectivity index (χ0) is 15.2. The molecule has 1 aliphatic rings. The Labute approximate surface area is 127 Å². The predicted octanol–water partition coefficient (Wildman–Crippen LogP) is 1.71. The fraction of sp³-hybridized carbons (Fsp3) is 0.625. The maximum Gasteiger partial charge on any atom is 0.216 e. The van der Waals surface area contributed by atoms with Gasteiger partial charge < -0.3 is 15.5 Å². The van der Waals surface area contributed by atoms with Gasteiger partial charge in [0, 0.05) is 44.4 Å². The van der Waals surface area contributed by atoms with Crippen LogP contribution in [0.25, 0.3) is 0 Å². The van der Waals surface area contributed by atoms with E-state index in [2.05, 4.69) is 33.5 Å². The molecule has 0 aliphatic carbocycles. The van der Waals surface area contributed by atoms with Crippen molar-refractivity contribution in [2.24, 2.45) is 5.92 Å². The summed E-state index contributed by atoms with van der Waals surface area (Å²) >= 11 is 0. The molecule has 0 radical (unpaired) electrons. The molecule has 5 heteroatoms. The van der Waals surface area contributed by atoms with Gasteiger partial charge in [-0.1, -0.05) is 6.07 Å². The molecular weight excluding hydrogens is 264 g/mol. The van der Waals surface area contributed by atoms with Crippen molar-refractivity contribution >= 4 is 11.7 Å². The molecule has 2 N–H and O–H groups in total. The number of hydrogen-bond donors (Lipinski definition) is 2. The van der Waals surface area contributed by atoms with E-state index in [9.17, 15) is 4.79 Å². The van der Waals surface area contributed by atoms with Crippen molar-refractivity contribution in [3.05, 3.63) is 23.9 Å². The number of nitrogens with zero attached hydrogens (tertiary/aromatic N) is 2. The zero-order valence-electron chi connectivity index (χ0n) is 13.2. The zero-order valence-corrected chi connectivity index (χ0v) is 13.2. The van der Waals surface area contributed by atoms with Crippen molar-refractivity contribution in [2.75, 3.05) is 31.6 Å². The minimum atomic E-state index is 0.0623. The van der Waals surface area contributed by atoms with E-state index in [0.717, 1.165) is 38.3 Å². The number of anilines is 1. The van der Waals surface area contributed by atoms with Crippen LogP contribution in [-0.2, 0) is 4.79 Å². The van der Waals surface area contributed by atoms with E-state index < -0.39 is 0 Å². The third kappa shape index (κ3) is 4.17. The van der Waals surface area contributed by atoms with Crippen LogP contribution in [0.4, 0.5) is 5.82 Å². The fourth-order valence-electron chi connectivity index (χ4n) is 2.80. The van der Waals surface area contributed by atoms with Gasteiger partial charge in [-0.05, 0) is 38.8 Å². The molecule has 1 aliphatic heterocycles. The molecule has 2 rings (SSSR count). The molecule has 1 aromatic rings. The monoisotopic (exact) mass is 290 g/mol. The summed E-state index contributed by atoms with van der Waals surface area (Å²) in [5.41, 5.74) is 1.25. The van der Waals surface area contributed by atoms with Crippen molar-refractivity contribution < 1.29 is 4.79 Å². The first-order valence-electron chi connectivity index (χ1n) is 7.73. The van der Waals surface area contributed by atoms with Gasteiger partial charge in [0.25, 0.3) is 0 Å². The first kappa shape index (κ1) is 15.8. The highest BCUT2D eigenvalue weighted by Crippen LogP contribution is 2.27. The van der Waals surface area contributed by atoms with Crippen molar-refractivity contribution in [3.8, 4) is 0 Å². The lowest BCUT2D eigenvalue weighted by atomic mass is 9.96. The average Bonchev–Trinajstić information content (AvgIpc) is 2.52. The van der Waals surface area contributed by atoms with Gasteiger partial charge in [0.1, 0.15) is 5.82 Å². The summed E-state index contributed by atoms with van der Waals surface area (Å²) in [6, 6.07) is 4.44. The first-order chi connectivity index (χ1) is 10.1.